The van der Waals surface area contributed by atoms with Crippen LogP contribution in [0.5, 0.6) is 0 Å². The molecule has 2 aromatic rings. The van der Waals surface area contributed by atoms with Crippen molar-refractivity contribution in [3.8, 4) is 0 Å². The van der Waals surface area contributed by atoms with Crippen molar-refractivity contribution in [2.24, 2.45) is 5.92 Å². The molecule has 204 valence electrons. The van der Waals surface area contributed by atoms with Crippen molar-refractivity contribution in [1.29, 1.82) is 0 Å². The van der Waals surface area contributed by atoms with Crippen LogP contribution in [-0.2, 0) is 14.3 Å². The minimum atomic E-state index is -0.935. The minimum absolute atomic E-state index is 0.0814. The van der Waals surface area contributed by atoms with E-state index in [9.17, 15) is 14.4 Å². The van der Waals surface area contributed by atoms with E-state index in [-0.39, 0.29) is 23.7 Å². The number of amides is 1. The van der Waals surface area contributed by atoms with E-state index in [1.54, 1.807) is 36.4 Å². The smallest absolute Gasteiger partial charge is 0.333 e. The average molecular weight is 540 g/mol. The molecule has 6 nitrogen and oxygen atoms in total. The zero-order valence-corrected chi connectivity index (χ0v) is 23.3. The Bertz CT molecular complexity index is 1070. The van der Waals surface area contributed by atoms with Crippen molar-refractivity contribution in [2.45, 2.75) is 51.7 Å². The molecular weight excluding hydrogens is 500 g/mol. The number of allylic oxidation sites excluding steroid dienone is 3. The Hall–Kier alpha value is -3.22. The summed E-state index contributed by atoms with van der Waals surface area (Å²) in [5, 5.41) is 4.77. The number of ether oxygens (including phenoxy) is 1. The molecule has 0 aromatic heterocycles. The van der Waals surface area contributed by atoms with Crippen molar-refractivity contribution < 1.29 is 24.4 Å². The maximum atomic E-state index is 13.5. The molecule has 38 heavy (non-hydrogen) atoms. The summed E-state index contributed by atoms with van der Waals surface area (Å²) in [5.41, 5.74) is 1.88. The first-order valence-corrected chi connectivity index (χ1v) is 14.0. The quantitative estimate of drug-likeness (QED) is 0.283. The largest absolute Gasteiger partial charge is 0.454 e. The third-order valence-electron chi connectivity index (χ3n) is 6.57. The number of carbonyl (C=O) groups is 3. The second kappa shape index (κ2) is 17.3. The Morgan fingerprint density at radius 1 is 0.947 bits per heavy atom. The molecule has 0 saturated heterocycles. The summed E-state index contributed by atoms with van der Waals surface area (Å²) in [4.78, 5) is 38.9. The monoisotopic (exact) mass is 539 g/mol. The number of carbonyl (C=O) groups excluding carboxylic acids is 3. The van der Waals surface area contributed by atoms with Crippen LogP contribution in [0.4, 0.5) is 0 Å². The molecule has 1 aliphatic rings. The number of esters is 1. The number of ketones is 1. The van der Waals surface area contributed by atoms with Gasteiger partial charge in [0, 0.05) is 23.4 Å². The van der Waals surface area contributed by atoms with Gasteiger partial charge in [0.05, 0.1) is 0 Å². The minimum Gasteiger partial charge on any atom is -0.454 e. The zero-order chi connectivity index (χ0) is 27.8. The Kier molecular flexibility index (Phi) is 14.1. The molecule has 1 amide bonds. The lowest BCUT2D eigenvalue weighted by Crippen LogP contribution is -2.88. The molecule has 7 heteroatoms. The van der Waals surface area contributed by atoms with Gasteiger partial charge < -0.3 is 15.4 Å². The molecule has 3 rings (SSSR count). The highest BCUT2D eigenvalue weighted by Gasteiger charge is 2.31. The van der Waals surface area contributed by atoms with Crippen LogP contribution in [0.1, 0.15) is 61.5 Å². The predicted octanol–water partition coefficient (Wildman–Crippen LogP) is 4.77. The van der Waals surface area contributed by atoms with Crippen LogP contribution in [0.3, 0.4) is 0 Å². The van der Waals surface area contributed by atoms with Crippen LogP contribution >= 0.6 is 11.6 Å². The molecule has 0 spiro atoms. The van der Waals surface area contributed by atoms with Crippen LogP contribution in [0.2, 0.25) is 0 Å². The van der Waals surface area contributed by atoms with Crippen LogP contribution in [0, 0.1) is 5.92 Å². The van der Waals surface area contributed by atoms with E-state index in [1.165, 1.54) is 6.38 Å². The first-order chi connectivity index (χ1) is 18.5. The maximum absolute atomic E-state index is 13.5. The van der Waals surface area contributed by atoms with Gasteiger partial charge in [0.1, 0.15) is 13.1 Å². The molecule has 0 saturated carbocycles. The van der Waals surface area contributed by atoms with Gasteiger partial charge in [-0.1, -0.05) is 80.6 Å². The first kappa shape index (κ1) is 31.0. The van der Waals surface area contributed by atoms with Crippen molar-refractivity contribution >= 4 is 29.3 Å². The number of rotatable bonds is 13. The molecule has 0 heterocycles. The highest BCUT2D eigenvalue weighted by atomic mass is 35.5. The first-order valence-electron chi connectivity index (χ1n) is 13.2. The van der Waals surface area contributed by atoms with Gasteiger partial charge in [0.15, 0.2) is 12.1 Å². The number of nitrogens with two attached hydrogens (primary N) is 1. The van der Waals surface area contributed by atoms with Gasteiger partial charge in [-0.25, -0.2) is 4.79 Å². The molecular formula is C31H40ClN2O4+. The van der Waals surface area contributed by atoms with Gasteiger partial charge in [-0.2, -0.15) is 0 Å². The second-order valence-corrected chi connectivity index (χ2v) is 9.03. The summed E-state index contributed by atoms with van der Waals surface area (Å²) >= 11 is 4.64. The lowest BCUT2D eigenvalue weighted by atomic mass is 9.96. The molecule has 0 radical (unpaired) electrons. The fraction of sp³-hybridized carbons (Fsp3) is 0.387. The fourth-order valence-electron chi connectivity index (χ4n) is 4.41. The van der Waals surface area contributed by atoms with Crippen LogP contribution in [0.25, 0.3) is 0 Å². The molecule has 2 aromatic carbocycles. The number of benzene rings is 2. The van der Waals surface area contributed by atoms with Crippen molar-refractivity contribution in [2.75, 3.05) is 19.5 Å². The van der Waals surface area contributed by atoms with Gasteiger partial charge >= 0.3 is 5.97 Å². The fourth-order valence-corrected chi connectivity index (χ4v) is 4.41. The normalized spacial score (nSPS) is 14.0. The van der Waals surface area contributed by atoms with E-state index in [1.807, 2.05) is 47.8 Å². The number of nitrogens with one attached hydrogen (secondary N) is 1. The number of quaternary nitrogens is 1. The van der Waals surface area contributed by atoms with Gasteiger partial charge in [-0.05, 0) is 43.4 Å². The Morgan fingerprint density at radius 2 is 1.58 bits per heavy atom. The van der Waals surface area contributed by atoms with Gasteiger partial charge in [-0.15, -0.1) is 11.6 Å². The Balaban J connectivity index is 0.00000247. The topological polar surface area (TPSA) is 89.1 Å². The van der Waals surface area contributed by atoms with Crippen molar-refractivity contribution in [3.05, 3.63) is 95.6 Å². The number of Topliss-reactive ketones (excluding diaryl/α,β-unsaturated/α-hetero) is 1. The summed E-state index contributed by atoms with van der Waals surface area (Å²) in [7, 11) is 0. The molecule has 0 fully saturated rings. The lowest BCUT2D eigenvalue weighted by Gasteiger charge is -2.27. The number of halogens is 1. The summed E-state index contributed by atoms with van der Waals surface area (Å²) in [5.74, 6) is -0.611. The van der Waals surface area contributed by atoms with E-state index in [4.69, 9.17) is 4.74 Å². The van der Waals surface area contributed by atoms with Gasteiger partial charge in [0.25, 0.3) is 5.91 Å². The molecule has 0 aliphatic heterocycles. The van der Waals surface area contributed by atoms with Gasteiger partial charge in [-0.3, -0.25) is 9.59 Å². The number of alkyl halides is 1. The highest BCUT2D eigenvalue weighted by molar-refractivity contribution is 6.15. The summed E-state index contributed by atoms with van der Waals surface area (Å²) < 4.78 is 6.05. The van der Waals surface area contributed by atoms with Crippen LogP contribution in [0.15, 0.2) is 84.5 Å². The highest BCUT2D eigenvalue weighted by Crippen LogP contribution is 2.21. The van der Waals surface area contributed by atoms with Gasteiger partial charge in [0.2, 0.25) is 5.78 Å². The molecule has 1 unspecified atom stereocenters. The molecule has 1 aliphatic carbocycles. The third kappa shape index (κ3) is 9.58. The molecule has 0 bridgehead atoms. The standard InChI is InChI=1S/C30H36N2O4.CH3Cl/c1-3-22(4-2)27(21-31-20-26(33)23-14-8-5-9-15-23)36-30(35)28(24-16-10-6-11-17-24)32-29(34)25-18-12-7-13-19-25;1-2/h6-8,10-19,22,27-28,31H,3-5,9,20-21H2,1-2H3,(H,32,34);1H3/p+1/t27-,28?;/m0./s1. The molecule has 3 N–H and O–H groups in total. The van der Waals surface area contributed by atoms with E-state index < -0.39 is 12.0 Å². The number of hydrogen-bond acceptors (Lipinski definition) is 4. The van der Waals surface area contributed by atoms with Crippen LogP contribution in [-0.4, -0.2) is 43.2 Å². The SMILES string of the molecule is CCC(CC)[C@H](C[NH2+]CC(=O)C1=CCCC=C1)OC(=O)C(NC(=O)c1ccccc1)c1ccccc1.CCl. The number of hydrogen-bond donors (Lipinski definition) is 2. The van der Waals surface area contributed by atoms with E-state index >= 15 is 0 Å². The molecule has 2 atom stereocenters. The zero-order valence-electron chi connectivity index (χ0n) is 22.6. The van der Waals surface area contributed by atoms with E-state index in [0.717, 1.165) is 31.3 Å². The Labute approximate surface area is 231 Å². The lowest BCUT2D eigenvalue weighted by molar-refractivity contribution is -0.650. The maximum Gasteiger partial charge on any atom is 0.333 e. The summed E-state index contributed by atoms with van der Waals surface area (Å²) in [6, 6.07) is 17.0. The summed E-state index contributed by atoms with van der Waals surface area (Å²) in [6.45, 7) is 4.93. The Morgan fingerprint density at radius 3 is 2.16 bits per heavy atom. The third-order valence-corrected chi connectivity index (χ3v) is 6.57. The second-order valence-electron chi connectivity index (χ2n) is 9.03. The van der Waals surface area contributed by atoms with Crippen molar-refractivity contribution in [3.63, 3.8) is 0 Å². The van der Waals surface area contributed by atoms with E-state index in [2.05, 4.69) is 30.8 Å². The van der Waals surface area contributed by atoms with E-state index in [0.29, 0.717) is 24.2 Å². The van der Waals surface area contributed by atoms with Crippen molar-refractivity contribution in [1.82, 2.24) is 5.32 Å². The summed E-state index contributed by atoms with van der Waals surface area (Å²) in [6.07, 6.45) is 10.5. The van der Waals surface area contributed by atoms with Crippen LogP contribution < -0.4 is 10.6 Å². The average Bonchev–Trinajstić information content (AvgIpc) is 2.98. The predicted molar refractivity (Wildman–Crippen MR) is 152 cm³/mol.